The molecule has 0 spiro atoms. The predicted molar refractivity (Wildman–Crippen MR) is 139 cm³/mol. The first kappa shape index (κ1) is 24.0. The average Bonchev–Trinajstić information content (AvgIpc) is 3.68. The number of hydrogen-bond donors (Lipinski definition) is 3. The van der Waals surface area contributed by atoms with Gasteiger partial charge in [-0.1, -0.05) is 0 Å². The van der Waals surface area contributed by atoms with Crippen molar-refractivity contribution in [2.45, 2.75) is 81.8 Å². The van der Waals surface area contributed by atoms with Crippen molar-refractivity contribution in [2.75, 3.05) is 12.4 Å². The van der Waals surface area contributed by atoms with E-state index in [1.807, 2.05) is 6.20 Å². The minimum atomic E-state index is -0.556. The molecule has 1 aromatic carbocycles. The van der Waals surface area contributed by atoms with Crippen molar-refractivity contribution in [1.29, 1.82) is 0 Å². The van der Waals surface area contributed by atoms with Crippen LogP contribution in [0, 0.1) is 5.82 Å². The highest BCUT2D eigenvalue weighted by Gasteiger charge is 2.46. The molecule has 0 amide bonds. The number of halogens is 1. The van der Waals surface area contributed by atoms with Crippen LogP contribution < -0.4 is 15.4 Å². The maximum atomic E-state index is 14.6. The number of aromatic nitrogens is 4. The number of methoxy groups -OCH3 is 1. The molecule has 4 heterocycles. The van der Waals surface area contributed by atoms with E-state index in [9.17, 15) is 9.50 Å². The number of aromatic hydroxyl groups is 1. The molecule has 3 N–H and O–H groups in total. The summed E-state index contributed by atoms with van der Waals surface area (Å²) < 4.78 is 19.9. The molecule has 2 saturated heterocycles. The lowest BCUT2D eigenvalue weighted by Gasteiger charge is -2.54. The Hall–Kier alpha value is -3.33. The zero-order valence-corrected chi connectivity index (χ0v) is 21.5. The number of anilines is 1. The van der Waals surface area contributed by atoms with Gasteiger partial charge in [-0.3, -0.25) is 0 Å². The summed E-state index contributed by atoms with van der Waals surface area (Å²) in [6, 6.07) is 4.41. The Bertz CT molecular complexity index is 1330. The fourth-order valence-electron chi connectivity index (χ4n) is 6.59. The van der Waals surface area contributed by atoms with Crippen molar-refractivity contribution in [3.63, 3.8) is 0 Å². The van der Waals surface area contributed by atoms with Gasteiger partial charge in [0.25, 0.3) is 0 Å². The van der Waals surface area contributed by atoms with E-state index in [0.717, 1.165) is 55.8 Å². The minimum Gasteiger partial charge on any atom is -0.507 e. The summed E-state index contributed by atoms with van der Waals surface area (Å²) >= 11 is 0. The molecule has 1 aliphatic carbocycles. The van der Waals surface area contributed by atoms with Gasteiger partial charge in [0.15, 0.2) is 0 Å². The van der Waals surface area contributed by atoms with Gasteiger partial charge in [0.1, 0.15) is 17.3 Å². The molecule has 1 unspecified atom stereocenters. The van der Waals surface area contributed by atoms with Crippen LogP contribution in [0.2, 0.25) is 0 Å². The Morgan fingerprint density at radius 1 is 1.05 bits per heavy atom. The third-order valence-electron chi connectivity index (χ3n) is 8.17. The topological polar surface area (TPSA) is 105 Å². The van der Waals surface area contributed by atoms with E-state index in [4.69, 9.17) is 4.74 Å². The molecule has 3 fully saturated rings. The molecule has 2 bridgehead atoms. The first-order valence-corrected chi connectivity index (χ1v) is 13.1. The number of fused-ring (bicyclic) bond motifs is 2. The zero-order chi connectivity index (χ0) is 25.8. The quantitative estimate of drug-likeness (QED) is 0.421. The van der Waals surface area contributed by atoms with E-state index in [2.05, 4.69) is 44.9 Å². The van der Waals surface area contributed by atoms with Gasteiger partial charge in [-0.05, 0) is 76.3 Å². The van der Waals surface area contributed by atoms with Crippen molar-refractivity contribution in [2.24, 2.45) is 0 Å². The number of rotatable bonds is 6. The van der Waals surface area contributed by atoms with E-state index >= 15 is 0 Å². The third kappa shape index (κ3) is 4.61. The van der Waals surface area contributed by atoms with Crippen LogP contribution in [0.1, 0.15) is 70.3 Å². The van der Waals surface area contributed by atoms with Crippen LogP contribution in [0.5, 0.6) is 11.6 Å². The summed E-state index contributed by atoms with van der Waals surface area (Å²) in [6.07, 6.45) is 11.1. The molecule has 2 aliphatic heterocycles. The second-order valence-corrected chi connectivity index (χ2v) is 11.5. The Labute approximate surface area is 216 Å². The number of nitrogens with zero attached hydrogens (tertiary/aromatic N) is 4. The monoisotopic (exact) mass is 504 g/mol. The van der Waals surface area contributed by atoms with Crippen molar-refractivity contribution in [3.05, 3.63) is 42.0 Å². The first-order valence-electron chi connectivity index (χ1n) is 13.1. The number of ether oxygens (including phenoxy) is 1. The van der Waals surface area contributed by atoms with Gasteiger partial charge in [0, 0.05) is 40.4 Å². The minimum absolute atomic E-state index is 0.0751. The van der Waals surface area contributed by atoms with Gasteiger partial charge in [0.05, 0.1) is 30.8 Å². The van der Waals surface area contributed by atoms with Crippen molar-refractivity contribution in [1.82, 2.24) is 25.7 Å². The molecule has 3 aromatic rings. The number of piperidine rings is 2. The molecule has 37 heavy (non-hydrogen) atoms. The lowest BCUT2D eigenvalue weighted by Crippen LogP contribution is -2.65. The standard InChI is InChI=1S/C28H33FN6O2/c1-27-7-4-8-28(2,35-27)13-19(12-27)32-25-21(16-5-6-16)15-31-34-26(25)24-20(10-18(29)11-22(24)36)17-9-23(37-3)33-30-14-17/h9-11,14-16,19,35-36H,4-8,12-13H2,1-3H3,(H,31,32)/t19?,27-,28+. The van der Waals surface area contributed by atoms with Crippen LogP contribution in [0.4, 0.5) is 10.1 Å². The molecule has 8 nitrogen and oxygen atoms in total. The second-order valence-electron chi connectivity index (χ2n) is 11.5. The van der Waals surface area contributed by atoms with Crippen LogP contribution in [0.3, 0.4) is 0 Å². The Balaban J connectivity index is 1.48. The molecule has 3 atom stereocenters. The molecule has 6 rings (SSSR count). The van der Waals surface area contributed by atoms with Crippen LogP contribution in [0.25, 0.3) is 22.4 Å². The highest BCUT2D eigenvalue weighted by molar-refractivity contribution is 5.91. The summed E-state index contributed by atoms with van der Waals surface area (Å²) in [5.41, 5.74) is 4.09. The number of phenolic OH excluding ortho intramolecular Hbond substituents is 1. The number of hydrogen-bond acceptors (Lipinski definition) is 8. The van der Waals surface area contributed by atoms with E-state index < -0.39 is 5.82 Å². The number of benzene rings is 1. The molecule has 1 saturated carbocycles. The highest BCUT2D eigenvalue weighted by Crippen LogP contribution is 2.49. The molecule has 0 radical (unpaired) electrons. The third-order valence-corrected chi connectivity index (χ3v) is 8.17. The maximum Gasteiger partial charge on any atom is 0.233 e. The van der Waals surface area contributed by atoms with Crippen molar-refractivity contribution < 1.29 is 14.2 Å². The summed E-state index contributed by atoms with van der Waals surface area (Å²) in [5.74, 6) is -0.0546. The van der Waals surface area contributed by atoms with Crippen LogP contribution in [-0.2, 0) is 0 Å². The van der Waals surface area contributed by atoms with E-state index in [1.54, 1.807) is 6.07 Å². The second kappa shape index (κ2) is 8.90. The number of nitrogens with one attached hydrogen (secondary N) is 2. The SMILES string of the molecule is COc1cc(-c2cc(F)cc(O)c2-c2nncc(C3CC3)c2NC2C[C@]3(C)CCC[C@](C)(C2)N3)cnn1. The zero-order valence-electron chi connectivity index (χ0n) is 21.5. The van der Waals surface area contributed by atoms with Gasteiger partial charge in [-0.2, -0.15) is 10.2 Å². The normalized spacial score (nSPS) is 27.1. The van der Waals surface area contributed by atoms with Crippen LogP contribution in [0.15, 0.2) is 30.6 Å². The molecule has 9 heteroatoms. The molecular weight excluding hydrogens is 471 g/mol. The maximum absolute atomic E-state index is 14.6. The summed E-state index contributed by atoms with van der Waals surface area (Å²) in [4.78, 5) is 0. The number of phenols is 1. The lowest BCUT2D eigenvalue weighted by atomic mass is 9.69. The Morgan fingerprint density at radius 3 is 2.49 bits per heavy atom. The summed E-state index contributed by atoms with van der Waals surface area (Å²) in [7, 11) is 1.50. The van der Waals surface area contributed by atoms with Crippen molar-refractivity contribution >= 4 is 5.69 Å². The fraction of sp³-hybridized carbons (Fsp3) is 0.500. The molecular formula is C28H33FN6O2. The summed E-state index contributed by atoms with van der Waals surface area (Å²) in [5, 5.41) is 35.7. The molecule has 3 aliphatic rings. The Kier molecular flexibility index (Phi) is 5.78. The average molecular weight is 505 g/mol. The van der Waals surface area contributed by atoms with E-state index in [1.165, 1.54) is 25.8 Å². The van der Waals surface area contributed by atoms with Gasteiger partial charge >= 0.3 is 0 Å². The van der Waals surface area contributed by atoms with E-state index in [0.29, 0.717) is 34.2 Å². The highest BCUT2D eigenvalue weighted by atomic mass is 19.1. The Morgan fingerprint density at radius 2 is 1.78 bits per heavy atom. The largest absolute Gasteiger partial charge is 0.507 e. The van der Waals surface area contributed by atoms with Crippen molar-refractivity contribution in [3.8, 4) is 34.0 Å². The van der Waals surface area contributed by atoms with Crippen LogP contribution in [-0.4, -0.2) is 49.7 Å². The molecule has 194 valence electrons. The first-order chi connectivity index (χ1) is 17.8. The van der Waals surface area contributed by atoms with Gasteiger partial charge < -0.3 is 20.5 Å². The summed E-state index contributed by atoms with van der Waals surface area (Å²) in [6.45, 7) is 4.64. The van der Waals surface area contributed by atoms with Crippen LogP contribution >= 0.6 is 0 Å². The lowest BCUT2D eigenvalue weighted by molar-refractivity contribution is 0.0849. The van der Waals surface area contributed by atoms with Gasteiger partial charge in [-0.15, -0.1) is 10.2 Å². The smallest absolute Gasteiger partial charge is 0.233 e. The van der Waals surface area contributed by atoms with E-state index in [-0.39, 0.29) is 22.9 Å². The fourth-order valence-corrected chi connectivity index (χ4v) is 6.59. The molecule has 2 aromatic heterocycles. The van der Waals surface area contributed by atoms with Gasteiger partial charge in [0.2, 0.25) is 5.88 Å². The predicted octanol–water partition coefficient (Wildman–Crippen LogP) is 5.20. The van der Waals surface area contributed by atoms with Gasteiger partial charge in [-0.25, -0.2) is 4.39 Å².